The van der Waals surface area contributed by atoms with Crippen molar-refractivity contribution in [2.45, 2.75) is 26.3 Å². The van der Waals surface area contributed by atoms with E-state index in [1.54, 1.807) is 29.2 Å². The topological polar surface area (TPSA) is 40.5 Å². The smallest absolute Gasteiger partial charge is 0.254 e. The Morgan fingerprint density at radius 3 is 2.48 bits per heavy atom. The second kappa shape index (κ2) is 6.68. The van der Waals surface area contributed by atoms with Gasteiger partial charge in [-0.2, -0.15) is 0 Å². The van der Waals surface area contributed by atoms with E-state index >= 15 is 0 Å². The fraction of sp³-hybridized carbons (Fsp3) is 0.353. The Bertz CT molecular complexity index is 640. The van der Waals surface area contributed by atoms with Crippen molar-refractivity contribution in [3.63, 3.8) is 0 Å². The van der Waals surface area contributed by atoms with E-state index in [0.29, 0.717) is 29.3 Å². The lowest BCUT2D eigenvalue weighted by atomic mass is 10.0. The quantitative estimate of drug-likeness (QED) is 0.918. The van der Waals surface area contributed by atoms with Crippen LogP contribution in [0.1, 0.15) is 30.6 Å². The van der Waals surface area contributed by atoms with Crippen LogP contribution in [0.3, 0.4) is 0 Å². The monoisotopic (exact) mass is 289 g/mol. The van der Waals surface area contributed by atoms with Gasteiger partial charge < -0.3 is 10.0 Å². The van der Waals surface area contributed by atoms with Crippen molar-refractivity contribution in [1.82, 2.24) is 4.90 Å². The van der Waals surface area contributed by atoms with E-state index in [-0.39, 0.29) is 24.4 Å². The number of halogens is 1. The van der Waals surface area contributed by atoms with Gasteiger partial charge in [-0.3, -0.25) is 4.79 Å². The number of hydrogen-bond donors (Lipinski definition) is 1. The van der Waals surface area contributed by atoms with E-state index < -0.39 is 0 Å². The molecule has 0 bridgehead atoms. The van der Waals surface area contributed by atoms with Crippen molar-refractivity contribution in [2.24, 2.45) is 0 Å². The molecule has 2 aromatic carbocycles. The maximum Gasteiger partial charge on any atom is 0.254 e. The fourth-order valence-electron chi connectivity index (χ4n) is 2.44. The number of aliphatic hydroxyl groups is 1. The predicted octanol–water partition coefficient (Wildman–Crippen LogP) is 3.21. The summed E-state index contributed by atoms with van der Waals surface area (Å²) in [5, 5.41) is 10.0. The Morgan fingerprint density at radius 2 is 1.86 bits per heavy atom. The van der Waals surface area contributed by atoms with E-state index in [4.69, 9.17) is 5.11 Å². The van der Waals surface area contributed by atoms with E-state index in [2.05, 4.69) is 0 Å². The van der Waals surface area contributed by atoms with Crippen LogP contribution in [0.25, 0.3) is 10.8 Å². The fourth-order valence-corrected chi connectivity index (χ4v) is 2.44. The highest BCUT2D eigenvalue weighted by Gasteiger charge is 2.20. The maximum absolute atomic E-state index is 13.8. The molecule has 0 saturated carbocycles. The van der Waals surface area contributed by atoms with Gasteiger partial charge in [0.1, 0.15) is 5.82 Å². The van der Waals surface area contributed by atoms with Crippen molar-refractivity contribution in [1.29, 1.82) is 0 Å². The second-order valence-electron chi connectivity index (χ2n) is 5.31. The molecule has 0 radical (unpaired) electrons. The van der Waals surface area contributed by atoms with Crippen molar-refractivity contribution >= 4 is 16.7 Å². The number of nitrogens with zero attached hydrogens (tertiary/aromatic N) is 1. The molecule has 0 unspecified atom stereocenters. The summed E-state index contributed by atoms with van der Waals surface area (Å²) in [5.41, 5.74) is 0.499. The van der Waals surface area contributed by atoms with Crippen LogP contribution in [-0.2, 0) is 0 Å². The summed E-state index contributed by atoms with van der Waals surface area (Å²) >= 11 is 0. The largest absolute Gasteiger partial charge is 0.396 e. The third-order valence-electron chi connectivity index (χ3n) is 3.54. The Balaban J connectivity index is 2.45. The first kappa shape index (κ1) is 15.4. The highest BCUT2D eigenvalue weighted by atomic mass is 19.1. The Labute approximate surface area is 124 Å². The third-order valence-corrected chi connectivity index (χ3v) is 3.54. The molecule has 0 aliphatic heterocycles. The van der Waals surface area contributed by atoms with Gasteiger partial charge >= 0.3 is 0 Å². The van der Waals surface area contributed by atoms with Gasteiger partial charge in [-0.15, -0.1) is 0 Å². The molecule has 0 fully saturated rings. The van der Waals surface area contributed by atoms with Gasteiger partial charge in [-0.05, 0) is 37.8 Å². The zero-order valence-electron chi connectivity index (χ0n) is 12.3. The molecule has 0 aliphatic carbocycles. The molecular weight excluding hydrogens is 269 g/mol. The summed E-state index contributed by atoms with van der Waals surface area (Å²) in [5.74, 6) is -0.455. The van der Waals surface area contributed by atoms with Gasteiger partial charge in [0.15, 0.2) is 0 Å². The number of fused-ring (bicyclic) bond motifs is 1. The second-order valence-corrected chi connectivity index (χ2v) is 5.31. The van der Waals surface area contributed by atoms with E-state index in [1.165, 1.54) is 12.1 Å². The molecule has 3 nitrogen and oxygen atoms in total. The van der Waals surface area contributed by atoms with Crippen LogP contribution in [0.5, 0.6) is 0 Å². The molecule has 0 aliphatic rings. The molecule has 0 saturated heterocycles. The van der Waals surface area contributed by atoms with E-state index in [0.717, 1.165) is 0 Å². The normalized spacial score (nSPS) is 11.1. The Kier molecular flexibility index (Phi) is 4.91. The third kappa shape index (κ3) is 3.22. The molecule has 0 atom stereocenters. The van der Waals surface area contributed by atoms with Crippen LogP contribution < -0.4 is 0 Å². The average molecular weight is 289 g/mol. The molecule has 2 rings (SSSR count). The van der Waals surface area contributed by atoms with Gasteiger partial charge in [0.25, 0.3) is 5.91 Å². The molecule has 0 heterocycles. The van der Waals surface area contributed by atoms with Crippen molar-refractivity contribution < 1.29 is 14.3 Å². The predicted molar refractivity (Wildman–Crippen MR) is 81.8 cm³/mol. The van der Waals surface area contributed by atoms with Crippen molar-refractivity contribution in [3.8, 4) is 0 Å². The van der Waals surface area contributed by atoms with Gasteiger partial charge in [-0.1, -0.05) is 24.3 Å². The standard InChI is InChI=1S/C17H20FNO2/c1-12(2)19(10-5-11-20)17(21)15-8-9-16(18)14-7-4-3-6-13(14)15/h3-4,6-9,12,20H,5,10-11H2,1-2H3. The van der Waals surface area contributed by atoms with E-state index in [9.17, 15) is 9.18 Å². The Hall–Kier alpha value is -1.94. The molecule has 1 N–H and O–H groups in total. The number of hydrogen-bond acceptors (Lipinski definition) is 2. The highest BCUT2D eigenvalue weighted by molar-refractivity contribution is 6.07. The molecule has 112 valence electrons. The number of amides is 1. The molecule has 4 heteroatoms. The summed E-state index contributed by atoms with van der Waals surface area (Å²) in [6.45, 7) is 4.39. The lowest BCUT2D eigenvalue weighted by molar-refractivity contribution is 0.0695. The molecular formula is C17H20FNO2. The molecule has 0 spiro atoms. The maximum atomic E-state index is 13.8. The highest BCUT2D eigenvalue weighted by Crippen LogP contribution is 2.23. The SMILES string of the molecule is CC(C)N(CCCO)C(=O)c1ccc(F)c2ccccc12. The van der Waals surface area contributed by atoms with Crippen LogP contribution in [0.4, 0.5) is 4.39 Å². The number of carbonyl (C=O) groups excluding carboxylic acids is 1. The molecule has 2 aromatic rings. The molecule has 0 aromatic heterocycles. The lowest BCUT2D eigenvalue weighted by Gasteiger charge is -2.27. The van der Waals surface area contributed by atoms with Crippen LogP contribution in [-0.4, -0.2) is 35.1 Å². The zero-order valence-corrected chi connectivity index (χ0v) is 12.3. The Morgan fingerprint density at radius 1 is 1.19 bits per heavy atom. The summed E-state index contributed by atoms with van der Waals surface area (Å²) in [7, 11) is 0. The van der Waals surface area contributed by atoms with Gasteiger partial charge in [0.2, 0.25) is 0 Å². The number of benzene rings is 2. The summed E-state index contributed by atoms with van der Waals surface area (Å²) in [6, 6.07) is 9.88. The minimum atomic E-state index is -0.325. The number of rotatable bonds is 5. The number of aliphatic hydroxyl groups excluding tert-OH is 1. The first-order valence-electron chi connectivity index (χ1n) is 7.15. The minimum absolute atomic E-state index is 0.0212. The van der Waals surface area contributed by atoms with Crippen LogP contribution >= 0.6 is 0 Å². The molecule has 21 heavy (non-hydrogen) atoms. The molecule has 1 amide bonds. The summed E-state index contributed by atoms with van der Waals surface area (Å²) < 4.78 is 13.8. The average Bonchev–Trinajstić information content (AvgIpc) is 2.48. The van der Waals surface area contributed by atoms with E-state index in [1.807, 2.05) is 13.8 Å². The van der Waals surface area contributed by atoms with Crippen LogP contribution in [0.2, 0.25) is 0 Å². The summed E-state index contributed by atoms with van der Waals surface area (Å²) in [4.78, 5) is 14.4. The van der Waals surface area contributed by atoms with Crippen molar-refractivity contribution in [2.75, 3.05) is 13.2 Å². The van der Waals surface area contributed by atoms with Gasteiger partial charge in [0, 0.05) is 30.1 Å². The van der Waals surface area contributed by atoms with Gasteiger partial charge in [-0.25, -0.2) is 4.39 Å². The summed E-state index contributed by atoms with van der Waals surface area (Å²) in [6.07, 6.45) is 0.531. The van der Waals surface area contributed by atoms with Crippen LogP contribution in [0.15, 0.2) is 36.4 Å². The van der Waals surface area contributed by atoms with Gasteiger partial charge in [0.05, 0.1) is 0 Å². The zero-order chi connectivity index (χ0) is 15.4. The first-order chi connectivity index (χ1) is 10.1. The minimum Gasteiger partial charge on any atom is -0.396 e. The lowest BCUT2D eigenvalue weighted by Crippen LogP contribution is -2.38. The number of carbonyl (C=O) groups is 1. The first-order valence-corrected chi connectivity index (χ1v) is 7.15. The van der Waals surface area contributed by atoms with Crippen molar-refractivity contribution in [3.05, 3.63) is 47.8 Å². The van der Waals surface area contributed by atoms with Crippen LogP contribution in [0, 0.1) is 5.82 Å².